The average Bonchev–Trinajstić information content (AvgIpc) is 3.13. The molecule has 3 aromatic carbocycles. The van der Waals surface area contributed by atoms with Gasteiger partial charge in [-0.15, -0.1) is 0 Å². The van der Waals surface area contributed by atoms with Gasteiger partial charge in [0.15, 0.2) is 9.84 Å². The van der Waals surface area contributed by atoms with E-state index in [2.05, 4.69) is 9.97 Å². The van der Waals surface area contributed by atoms with Crippen molar-refractivity contribution in [2.75, 3.05) is 19.4 Å². The van der Waals surface area contributed by atoms with Gasteiger partial charge in [0.2, 0.25) is 0 Å². The third-order valence-electron chi connectivity index (χ3n) is 5.87. The fourth-order valence-corrected chi connectivity index (χ4v) is 4.72. The molecule has 1 aliphatic heterocycles. The molecular formula is C25H23N3O5S. The number of H-pyrrole nitrogens is 1. The minimum Gasteiger partial charge on any atom is -0.491 e. The lowest BCUT2D eigenvalue weighted by Crippen LogP contribution is -2.32. The summed E-state index contributed by atoms with van der Waals surface area (Å²) in [6.45, 7) is 1.00. The molecule has 0 saturated carbocycles. The number of hydrogen-bond donors (Lipinski definition) is 2. The van der Waals surface area contributed by atoms with Crippen LogP contribution in [0.3, 0.4) is 0 Å². The first-order chi connectivity index (χ1) is 16.3. The van der Waals surface area contributed by atoms with Crippen LogP contribution in [0.1, 0.15) is 21.7 Å². The number of hydrogen-bond acceptors (Lipinski definition) is 6. The summed E-state index contributed by atoms with van der Waals surface area (Å²) in [5.74, 6) is 1.06. The van der Waals surface area contributed by atoms with E-state index in [1.54, 1.807) is 17.0 Å². The van der Waals surface area contributed by atoms with Crippen molar-refractivity contribution < 1.29 is 23.1 Å². The van der Waals surface area contributed by atoms with E-state index in [0.29, 0.717) is 31.1 Å². The van der Waals surface area contributed by atoms with Crippen LogP contribution in [0.2, 0.25) is 0 Å². The van der Waals surface area contributed by atoms with E-state index >= 15 is 0 Å². The fourth-order valence-electron chi connectivity index (χ4n) is 4.09. The Labute approximate surface area is 196 Å². The molecule has 2 heterocycles. The van der Waals surface area contributed by atoms with Crippen LogP contribution in [0.15, 0.2) is 65.6 Å². The summed E-state index contributed by atoms with van der Waals surface area (Å²) in [4.78, 5) is 22.5. The molecule has 1 aliphatic rings. The number of amides is 1. The van der Waals surface area contributed by atoms with Crippen LogP contribution in [0.5, 0.6) is 5.75 Å². The molecule has 0 radical (unpaired) electrons. The molecule has 0 spiro atoms. The summed E-state index contributed by atoms with van der Waals surface area (Å²) in [7, 11) is -3.32. The first kappa shape index (κ1) is 22.1. The molecule has 1 aromatic heterocycles. The van der Waals surface area contributed by atoms with Crippen LogP contribution in [0.25, 0.3) is 22.2 Å². The van der Waals surface area contributed by atoms with Gasteiger partial charge >= 0.3 is 0 Å². The topological polar surface area (TPSA) is 113 Å². The quantitative estimate of drug-likeness (QED) is 0.467. The second-order valence-corrected chi connectivity index (χ2v) is 10.3. The number of carbonyl (C=O) groups is 1. The summed E-state index contributed by atoms with van der Waals surface area (Å²) in [5, 5.41) is 9.32. The lowest BCUT2D eigenvalue weighted by atomic mass is 10.0. The number of aliphatic hydroxyl groups excluding tert-OH is 1. The molecule has 0 fully saturated rings. The van der Waals surface area contributed by atoms with Crippen LogP contribution in [0.4, 0.5) is 0 Å². The number of imidazole rings is 1. The number of rotatable bonds is 4. The van der Waals surface area contributed by atoms with Crippen molar-refractivity contribution in [2.45, 2.75) is 18.0 Å². The molecule has 2 N–H and O–H groups in total. The molecule has 0 unspecified atom stereocenters. The normalized spacial score (nSPS) is 13.9. The van der Waals surface area contributed by atoms with Crippen molar-refractivity contribution in [3.8, 4) is 16.9 Å². The molecular weight excluding hydrogens is 454 g/mol. The summed E-state index contributed by atoms with van der Waals surface area (Å²) in [6, 6.07) is 17.7. The molecule has 0 aliphatic carbocycles. The molecule has 0 bridgehead atoms. The highest BCUT2D eigenvalue weighted by molar-refractivity contribution is 7.90. The van der Waals surface area contributed by atoms with Crippen molar-refractivity contribution >= 4 is 26.8 Å². The van der Waals surface area contributed by atoms with Gasteiger partial charge in [0.1, 0.15) is 24.8 Å². The van der Waals surface area contributed by atoms with Crippen molar-refractivity contribution in [3.63, 3.8) is 0 Å². The third kappa shape index (κ3) is 4.27. The number of ether oxygens (including phenoxy) is 1. The zero-order chi connectivity index (χ0) is 23.9. The Morgan fingerprint density at radius 1 is 1.09 bits per heavy atom. The molecule has 0 saturated heterocycles. The summed E-state index contributed by atoms with van der Waals surface area (Å²) in [6.07, 6.45) is 1.14. The number of carbonyl (C=O) groups excluding carboxylic acids is 1. The van der Waals surface area contributed by atoms with E-state index in [1.807, 2.05) is 36.4 Å². The Bertz CT molecular complexity index is 1490. The number of fused-ring (bicyclic) bond motifs is 2. The molecule has 4 aromatic rings. The third-order valence-corrected chi connectivity index (χ3v) is 7.00. The van der Waals surface area contributed by atoms with Gasteiger partial charge < -0.3 is 19.7 Å². The molecule has 8 nitrogen and oxygen atoms in total. The van der Waals surface area contributed by atoms with Crippen molar-refractivity contribution in [1.82, 2.24) is 14.9 Å². The Morgan fingerprint density at radius 3 is 2.56 bits per heavy atom. The van der Waals surface area contributed by atoms with Gasteiger partial charge in [-0.3, -0.25) is 4.79 Å². The maximum atomic E-state index is 13.1. The van der Waals surface area contributed by atoms with E-state index in [1.165, 1.54) is 12.1 Å². The highest BCUT2D eigenvalue weighted by Crippen LogP contribution is 2.31. The molecule has 5 rings (SSSR count). The fraction of sp³-hybridized carbons (Fsp3) is 0.200. The SMILES string of the molecule is CS(=O)(=O)c1ccc(C(=O)N2CCOc3ccc(-c4ccc5nc(CO)[nH]c5c4)cc3C2)cc1. The molecule has 0 atom stereocenters. The van der Waals surface area contributed by atoms with E-state index in [0.717, 1.165) is 39.7 Å². The van der Waals surface area contributed by atoms with Gasteiger partial charge in [-0.2, -0.15) is 0 Å². The standard InChI is InChI=1S/C25H23N3O5S/c1-34(31,32)20-6-2-16(3-7-20)25(30)28-10-11-33-23-9-5-17(12-19(23)14-28)18-4-8-21-22(13-18)27-24(15-29)26-21/h2-9,12-13,29H,10-11,14-15H2,1H3,(H,26,27). The molecule has 9 heteroatoms. The Balaban J connectivity index is 1.42. The van der Waals surface area contributed by atoms with E-state index < -0.39 is 9.84 Å². The smallest absolute Gasteiger partial charge is 0.254 e. The molecule has 1 amide bonds. The number of aliphatic hydroxyl groups is 1. The largest absolute Gasteiger partial charge is 0.491 e. The zero-order valence-electron chi connectivity index (χ0n) is 18.5. The van der Waals surface area contributed by atoms with E-state index in [9.17, 15) is 18.3 Å². The van der Waals surface area contributed by atoms with Crippen LogP contribution >= 0.6 is 0 Å². The Kier molecular flexibility index (Phi) is 5.59. The highest BCUT2D eigenvalue weighted by atomic mass is 32.2. The average molecular weight is 478 g/mol. The van der Waals surface area contributed by atoms with Gasteiger partial charge in [-0.1, -0.05) is 12.1 Å². The van der Waals surface area contributed by atoms with Gasteiger partial charge in [0.25, 0.3) is 5.91 Å². The summed E-state index contributed by atoms with van der Waals surface area (Å²) in [5.41, 5.74) is 4.87. The van der Waals surface area contributed by atoms with Crippen molar-refractivity contribution in [3.05, 3.63) is 77.6 Å². The van der Waals surface area contributed by atoms with E-state index in [4.69, 9.17) is 4.74 Å². The second kappa shape index (κ2) is 8.58. The van der Waals surface area contributed by atoms with E-state index in [-0.39, 0.29) is 17.4 Å². The van der Waals surface area contributed by atoms with Gasteiger partial charge in [-0.25, -0.2) is 13.4 Å². The first-order valence-corrected chi connectivity index (χ1v) is 12.7. The monoisotopic (exact) mass is 477 g/mol. The molecule has 34 heavy (non-hydrogen) atoms. The number of nitrogens with zero attached hydrogens (tertiary/aromatic N) is 2. The second-order valence-electron chi connectivity index (χ2n) is 8.27. The van der Waals surface area contributed by atoms with Crippen LogP contribution in [-0.2, 0) is 23.0 Å². The van der Waals surface area contributed by atoms with Gasteiger partial charge in [-0.05, 0) is 59.7 Å². The Morgan fingerprint density at radius 2 is 1.82 bits per heavy atom. The number of aromatic amines is 1. The zero-order valence-corrected chi connectivity index (χ0v) is 19.3. The Hall–Kier alpha value is -3.69. The number of nitrogens with one attached hydrogen (secondary N) is 1. The first-order valence-electron chi connectivity index (χ1n) is 10.8. The predicted octanol–water partition coefficient (Wildman–Crippen LogP) is 3.16. The number of aromatic nitrogens is 2. The maximum absolute atomic E-state index is 13.1. The van der Waals surface area contributed by atoms with Gasteiger partial charge in [0, 0.05) is 23.9 Å². The van der Waals surface area contributed by atoms with Crippen LogP contribution in [-0.4, -0.2) is 53.7 Å². The minimum absolute atomic E-state index is 0.152. The lowest BCUT2D eigenvalue weighted by Gasteiger charge is -2.20. The number of sulfone groups is 1. The number of benzene rings is 3. The minimum atomic E-state index is -3.32. The van der Waals surface area contributed by atoms with Gasteiger partial charge in [0.05, 0.1) is 22.5 Å². The maximum Gasteiger partial charge on any atom is 0.254 e. The van der Waals surface area contributed by atoms with Crippen LogP contribution in [0, 0.1) is 0 Å². The highest BCUT2D eigenvalue weighted by Gasteiger charge is 2.22. The van der Waals surface area contributed by atoms with Crippen molar-refractivity contribution in [2.24, 2.45) is 0 Å². The van der Waals surface area contributed by atoms with Crippen LogP contribution < -0.4 is 4.74 Å². The molecule has 174 valence electrons. The van der Waals surface area contributed by atoms with Crippen molar-refractivity contribution in [1.29, 1.82) is 0 Å². The summed E-state index contributed by atoms with van der Waals surface area (Å²) < 4.78 is 29.3. The predicted molar refractivity (Wildman–Crippen MR) is 127 cm³/mol. The lowest BCUT2D eigenvalue weighted by molar-refractivity contribution is 0.0733. The summed E-state index contributed by atoms with van der Waals surface area (Å²) >= 11 is 0.